The van der Waals surface area contributed by atoms with E-state index in [0.717, 1.165) is 119 Å². The van der Waals surface area contributed by atoms with E-state index in [4.69, 9.17) is 47.4 Å². The Morgan fingerprint density at radius 1 is 0.351 bits per heavy atom. The fraction of sp³-hybridized carbons (Fsp3) is 0.910. The third-order valence-electron chi connectivity index (χ3n) is 32.5. The van der Waals surface area contributed by atoms with Crippen LogP contribution in [-0.2, 0) is 95.3 Å². The minimum absolute atomic E-state index is 0. The molecule has 20 heteroatoms. The topological polar surface area (TPSA) is 263 Å². The molecule has 18 fully saturated rings. The zero-order valence-corrected chi connectivity index (χ0v) is 74.1. The van der Waals surface area contributed by atoms with Gasteiger partial charge in [-0.3, -0.25) is 47.9 Å². The van der Waals surface area contributed by atoms with E-state index in [1.54, 1.807) is 0 Å². The SMILES string of the molecule is C.C.C.C.C.C.C.C.C.C.C.C.C.C.C.C.C.C.CCC(C)(C)C(=O)OC(C)(C)C12CC3CC(CC(C3)C1)C2.CCC(C)(C)C(=O)OC1(C)CCC2CC1OC2=O.CCC(C)(C)C(=O)OC1(CC)C2CC3CC(C2)CC1C3.CCC(C)(C)C(=O)OC1C2CC3C(=O)OC1C3C2.CCC(C)(C)C(=O)OC1CC2CCC1(C)OC2=O.CCC(C)(C)C(=O)OC1CCC2CC1(C)OC2=O. The van der Waals surface area contributed by atoms with Crippen molar-refractivity contribution >= 4 is 59.7 Å². The maximum atomic E-state index is 12.6. The fourth-order valence-corrected chi connectivity index (χ4v) is 21.8. The molecular formula is C111H220O20. The van der Waals surface area contributed by atoms with Gasteiger partial charge in [0.15, 0.2) is 0 Å². The smallest absolute Gasteiger partial charge is 0.312 e. The first-order chi connectivity index (χ1) is 52.4. The molecule has 0 N–H and O–H groups in total. The van der Waals surface area contributed by atoms with Gasteiger partial charge in [-0.25, -0.2) is 0 Å². The van der Waals surface area contributed by atoms with Crippen LogP contribution in [0, 0.1) is 115 Å². The van der Waals surface area contributed by atoms with Crippen LogP contribution in [-0.4, -0.2) is 118 Å². The van der Waals surface area contributed by atoms with E-state index in [1.807, 2.05) is 132 Å². The van der Waals surface area contributed by atoms with Gasteiger partial charge in [-0.05, 0) is 326 Å². The summed E-state index contributed by atoms with van der Waals surface area (Å²) in [4.78, 5) is 120. The molecule has 13 saturated carbocycles. The van der Waals surface area contributed by atoms with E-state index in [2.05, 4.69) is 34.6 Å². The lowest BCUT2D eigenvalue weighted by Crippen LogP contribution is -2.60. The van der Waals surface area contributed by atoms with E-state index in [1.165, 1.54) is 70.6 Å². The second-order valence-corrected chi connectivity index (χ2v) is 43.1. The number of fused-ring (bicyclic) bond motifs is 8. The lowest BCUT2D eigenvalue weighted by atomic mass is 9.46. The Morgan fingerprint density at radius 3 is 1.15 bits per heavy atom. The van der Waals surface area contributed by atoms with Crippen LogP contribution in [0.4, 0.5) is 0 Å². The molecule has 0 aromatic rings. The molecule has 0 spiro atoms. The minimum Gasteiger partial charge on any atom is -0.459 e. The van der Waals surface area contributed by atoms with Crippen LogP contribution in [0.15, 0.2) is 0 Å². The summed E-state index contributed by atoms with van der Waals surface area (Å²) >= 11 is 0. The van der Waals surface area contributed by atoms with Crippen molar-refractivity contribution in [1.82, 2.24) is 0 Å². The quantitative estimate of drug-likeness (QED) is 0.0810. The summed E-state index contributed by atoms with van der Waals surface area (Å²) in [6.07, 6.45) is 27.6. The molecule has 0 aromatic carbocycles. The monoisotopic (exact) mass is 1870 g/mol. The third kappa shape index (κ3) is 29.4. The first-order valence-electron chi connectivity index (χ1n) is 44.6. The molecule has 14 atom stereocenters. The molecule has 0 radical (unpaired) electrons. The van der Waals surface area contributed by atoms with Gasteiger partial charge in [-0.15, -0.1) is 0 Å². The Bertz CT molecular complexity index is 3370. The number of hydrogen-bond acceptors (Lipinski definition) is 20. The average molecular weight is 1870 g/mol. The van der Waals surface area contributed by atoms with Crippen molar-refractivity contribution in [2.75, 3.05) is 0 Å². The summed E-state index contributed by atoms with van der Waals surface area (Å²) in [7, 11) is 0. The van der Waals surface area contributed by atoms with Gasteiger partial charge in [0.2, 0.25) is 0 Å². The maximum Gasteiger partial charge on any atom is 0.312 e. The van der Waals surface area contributed by atoms with Crippen molar-refractivity contribution in [3.8, 4) is 0 Å². The van der Waals surface area contributed by atoms with Gasteiger partial charge >= 0.3 is 59.7 Å². The molecule has 20 nitrogen and oxygen atoms in total. The lowest BCUT2D eigenvalue weighted by molar-refractivity contribution is -0.221. The van der Waals surface area contributed by atoms with Gasteiger partial charge < -0.3 is 47.4 Å². The van der Waals surface area contributed by atoms with Crippen molar-refractivity contribution in [3.63, 3.8) is 0 Å². The molecule has 5 heterocycles. The summed E-state index contributed by atoms with van der Waals surface area (Å²) in [5, 5.41) is 0. The van der Waals surface area contributed by atoms with Gasteiger partial charge in [-0.1, -0.05) is 182 Å². The Kier molecular flexibility index (Phi) is 58.1. The Balaban J connectivity index is -0.000000190. The van der Waals surface area contributed by atoms with Crippen LogP contribution >= 0.6 is 0 Å². The highest BCUT2D eigenvalue weighted by Gasteiger charge is 2.65. The highest BCUT2D eigenvalue weighted by Crippen LogP contribution is 2.66. The third-order valence-corrected chi connectivity index (χ3v) is 32.5. The molecule has 16 bridgehead atoms. The van der Waals surface area contributed by atoms with Crippen molar-refractivity contribution in [2.24, 2.45) is 115 Å². The molecule has 784 valence electrons. The molecule has 14 unspecified atom stereocenters. The van der Waals surface area contributed by atoms with Crippen LogP contribution in [0.3, 0.4) is 0 Å². The zero-order chi connectivity index (χ0) is 83.7. The van der Waals surface area contributed by atoms with Gasteiger partial charge in [0.1, 0.15) is 58.5 Å². The molecular weight excluding hydrogens is 1650 g/mol. The van der Waals surface area contributed by atoms with Crippen LogP contribution in [0.25, 0.3) is 0 Å². The number of carbonyl (C=O) groups is 10. The summed E-state index contributed by atoms with van der Waals surface area (Å²) in [5.74, 6) is 5.24. The van der Waals surface area contributed by atoms with Crippen LogP contribution < -0.4 is 0 Å². The van der Waals surface area contributed by atoms with E-state index < -0.39 is 38.5 Å². The predicted molar refractivity (Wildman–Crippen MR) is 547 cm³/mol. The standard InChI is InChI=1S/C19H32O2.C18H30O2.C14H20O4.3C14H22O4.18CH4/c1-6-17(2,3)16(20)21-18(4,5)19-10-13-7-14(11-19)9-15(8-13)12-19;1-5-17(3,4)16(19)20-18(6-2)14-8-12-7-13(10-14)11-15(18)9-12;1-4-14(2,3)13(16)18-10-7-5-8-9(6-7)12(15)17-11(8)10;1-5-13(2,3)12(16)17-10-8-9-6-7-14(10,4)18-11(9)15;1-5-13(2,3)12(16)18-14(4)7-6-9-8-10(14)17-11(9)15;1-5-13(2,3)12(16)17-10-7-6-9-8-14(10,4)18-11(9)15;;;;;;;;;;;;;;;;;;/h13-15H,6-12H2,1-5H3;12-15H,5-11H2,1-4H3;7-11H,4-6H2,1-3H3;3*9-10H,5-8H2,1-4H3;18*1H4. The van der Waals surface area contributed by atoms with Gasteiger partial charge in [0, 0.05) is 36.5 Å². The molecule has 5 saturated heterocycles. The first-order valence-corrected chi connectivity index (χ1v) is 44.6. The van der Waals surface area contributed by atoms with Gasteiger partial charge in [-0.2, -0.15) is 0 Å². The second kappa shape index (κ2) is 53.0. The number of hydrogen-bond donors (Lipinski definition) is 0. The number of esters is 10. The molecule has 18 rings (SSSR count). The summed E-state index contributed by atoms with van der Waals surface area (Å²) in [6, 6.07) is 0. The van der Waals surface area contributed by atoms with E-state index >= 15 is 0 Å². The summed E-state index contributed by atoms with van der Waals surface area (Å²) in [6.45, 7) is 47.4. The second-order valence-electron chi connectivity index (χ2n) is 43.1. The number of rotatable bonds is 20. The van der Waals surface area contributed by atoms with Crippen LogP contribution in [0.1, 0.15) is 486 Å². The fourth-order valence-electron chi connectivity index (χ4n) is 21.8. The molecule has 0 amide bonds. The van der Waals surface area contributed by atoms with Crippen molar-refractivity contribution < 1.29 is 95.3 Å². The highest BCUT2D eigenvalue weighted by molar-refractivity contribution is 5.81. The molecule has 0 aromatic heterocycles. The normalized spacial score (nSPS) is 32.9. The van der Waals surface area contributed by atoms with E-state index in [-0.39, 0.29) is 275 Å². The van der Waals surface area contributed by atoms with Gasteiger partial charge in [0.25, 0.3) is 0 Å². The Morgan fingerprint density at radius 2 is 0.725 bits per heavy atom. The number of ether oxygens (including phenoxy) is 10. The van der Waals surface area contributed by atoms with E-state index in [9.17, 15) is 47.9 Å². The number of carbonyl (C=O) groups excluding carboxylic acids is 10. The Hall–Kier alpha value is -5.30. The van der Waals surface area contributed by atoms with Crippen LogP contribution in [0.2, 0.25) is 0 Å². The van der Waals surface area contributed by atoms with Crippen molar-refractivity contribution in [3.05, 3.63) is 0 Å². The molecule has 13 aliphatic carbocycles. The lowest BCUT2D eigenvalue weighted by Gasteiger charge is -2.61. The minimum atomic E-state index is -0.647. The zero-order valence-electron chi connectivity index (χ0n) is 74.1. The molecule has 18 aliphatic rings. The highest BCUT2D eigenvalue weighted by atomic mass is 16.6. The summed E-state index contributed by atoms with van der Waals surface area (Å²) in [5.41, 5.74) is -4.66. The van der Waals surface area contributed by atoms with Crippen molar-refractivity contribution in [1.29, 1.82) is 0 Å². The van der Waals surface area contributed by atoms with E-state index in [0.29, 0.717) is 49.4 Å². The largest absolute Gasteiger partial charge is 0.459 e. The average Bonchev–Trinajstić information content (AvgIpc) is 1.66. The molecule has 5 aliphatic heterocycles. The first kappa shape index (κ1) is 144. The van der Waals surface area contributed by atoms with Gasteiger partial charge in [0.05, 0.1) is 56.2 Å². The van der Waals surface area contributed by atoms with Crippen molar-refractivity contribution in [2.45, 2.75) is 545 Å². The Labute approximate surface area is 810 Å². The van der Waals surface area contributed by atoms with Crippen LogP contribution in [0.5, 0.6) is 0 Å². The maximum absolute atomic E-state index is 12.6. The molecule has 131 heavy (non-hydrogen) atoms. The predicted octanol–water partition coefficient (Wildman–Crippen LogP) is 30.2. The summed E-state index contributed by atoms with van der Waals surface area (Å²) < 4.78 is 56.6.